The second kappa shape index (κ2) is 7.03. The van der Waals surface area contributed by atoms with Crippen LogP contribution in [-0.4, -0.2) is 32.7 Å². The molecule has 0 amide bonds. The molecule has 0 aliphatic heterocycles. The van der Waals surface area contributed by atoms with Crippen LogP contribution in [0.25, 0.3) is 0 Å². The van der Waals surface area contributed by atoms with Crippen molar-refractivity contribution in [2.45, 2.75) is 18.4 Å². The molecule has 0 atom stereocenters. The Labute approximate surface area is 108 Å². The van der Waals surface area contributed by atoms with E-state index >= 15 is 0 Å². The minimum absolute atomic E-state index is 0.230. The van der Waals surface area contributed by atoms with Gasteiger partial charge in [0.25, 0.3) is 0 Å². The predicted molar refractivity (Wildman–Crippen MR) is 74.3 cm³/mol. The zero-order valence-electron chi connectivity index (χ0n) is 10.3. The Balaban J connectivity index is 2.49. The highest BCUT2D eigenvalue weighted by molar-refractivity contribution is 8.00. The molecule has 0 aliphatic carbocycles. The molecule has 0 fully saturated rings. The van der Waals surface area contributed by atoms with Gasteiger partial charge in [0.1, 0.15) is 0 Å². The van der Waals surface area contributed by atoms with Gasteiger partial charge in [-0.05, 0) is 24.7 Å². The first kappa shape index (κ1) is 14.5. The molecule has 3 nitrogen and oxygen atoms in total. The third-order valence-corrected chi connectivity index (χ3v) is 5.34. The summed E-state index contributed by atoms with van der Waals surface area (Å²) in [4.78, 5) is 1.13. The zero-order valence-corrected chi connectivity index (χ0v) is 11.9. The van der Waals surface area contributed by atoms with E-state index < -0.39 is 9.84 Å². The van der Waals surface area contributed by atoms with Gasteiger partial charge in [0.15, 0.2) is 9.84 Å². The third kappa shape index (κ3) is 5.57. The second-order valence-corrected chi connectivity index (χ2v) is 7.40. The van der Waals surface area contributed by atoms with Gasteiger partial charge in [-0.2, -0.15) is 0 Å². The molecule has 1 aromatic carbocycles. The summed E-state index contributed by atoms with van der Waals surface area (Å²) < 4.78 is 22.7. The van der Waals surface area contributed by atoms with Gasteiger partial charge in [0.05, 0.1) is 5.75 Å². The Kier molecular flexibility index (Phi) is 6.02. The predicted octanol–water partition coefficient (Wildman–Crippen LogP) is 1.93. The second-order valence-electron chi connectivity index (χ2n) is 3.76. The lowest BCUT2D eigenvalue weighted by molar-refractivity contribution is 0.599. The van der Waals surface area contributed by atoms with E-state index in [4.69, 9.17) is 0 Å². The van der Waals surface area contributed by atoms with Gasteiger partial charge in [0.2, 0.25) is 0 Å². The van der Waals surface area contributed by atoms with Gasteiger partial charge >= 0.3 is 0 Å². The highest BCUT2D eigenvalue weighted by Gasteiger charge is 2.07. The number of benzene rings is 1. The number of rotatable bonds is 7. The first-order valence-corrected chi connectivity index (χ1v) is 8.45. The van der Waals surface area contributed by atoms with Crippen LogP contribution in [0.3, 0.4) is 0 Å². The molecular formula is C12H19NO2S2. The molecular weight excluding hydrogens is 254 g/mol. The van der Waals surface area contributed by atoms with E-state index in [-0.39, 0.29) is 11.5 Å². The Hall–Kier alpha value is -0.520. The highest BCUT2D eigenvalue weighted by atomic mass is 32.2. The third-order valence-electron chi connectivity index (χ3n) is 2.38. The van der Waals surface area contributed by atoms with Gasteiger partial charge in [-0.1, -0.05) is 19.1 Å². The molecule has 0 saturated heterocycles. The Morgan fingerprint density at radius 3 is 2.76 bits per heavy atom. The summed E-state index contributed by atoms with van der Waals surface area (Å²) in [7, 11) is -0.933. The van der Waals surface area contributed by atoms with Gasteiger partial charge in [-0.25, -0.2) is 8.42 Å². The number of nitrogens with one attached hydrogen (secondary N) is 1. The number of hydrogen-bond acceptors (Lipinski definition) is 4. The fourth-order valence-electron chi connectivity index (χ4n) is 1.38. The molecule has 0 saturated carbocycles. The summed E-state index contributed by atoms with van der Waals surface area (Å²) >= 11 is 1.60. The molecule has 1 aromatic rings. The van der Waals surface area contributed by atoms with E-state index in [1.165, 1.54) is 5.56 Å². The van der Waals surface area contributed by atoms with Crippen molar-refractivity contribution in [3.05, 3.63) is 29.8 Å². The van der Waals surface area contributed by atoms with Crippen molar-refractivity contribution < 1.29 is 8.42 Å². The number of hydrogen-bond donors (Lipinski definition) is 1. The van der Waals surface area contributed by atoms with Crippen LogP contribution in [0, 0.1) is 0 Å². The first-order valence-electron chi connectivity index (χ1n) is 5.64. The van der Waals surface area contributed by atoms with Crippen molar-refractivity contribution in [3.63, 3.8) is 0 Å². The monoisotopic (exact) mass is 273 g/mol. The van der Waals surface area contributed by atoms with Gasteiger partial charge in [-0.3, -0.25) is 0 Å². The van der Waals surface area contributed by atoms with Gasteiger partial charge < -0.3 is 5.32 Å². The summed E-state index contributed by atoms with van der Waals surface area (Å²) in [5.74, 6) is 1.11. The van der Waals surface area contributed by atoms with Crippen LogP contribution in [0.1, 0.15) is 12.5 Å². The summed E-state index contributed by atoms with van der Waals surface area (Å²) in [5.41, 5.74) is 1.22. The lowest BCUT2D eigenvalue weighted by atomic mass is 10.2. The highest BCUT2D eigenvalue weighted by Crippen LogP contribution is 2.19. The van der Waals surface area contributed by atoms with E-state index in [1.54, 1.807) is 18.7 Å². The topological polar surface area (TPSA) is 46.2 Å². The Morgan fingerprint density at radius 2 is 2.12 bits per heavy atom. The van der Waals surface area contributed by atoms with Crippen molar-refractivity contribution in [2.24, 2.45) is 0 Å². The fraction of sp³-hybridized carbons (Fsp3) is 0.500. The van der Waals surface area contributed by atoms with E-state index in [9.17, 15) is 8.42 Å². The standard InChI is InChI=1S/C12H19NO2S2/c1-3-17(14,15)8-7-16-12-6-4-5-11(9-12)10-13-2/h4-6,9,13H,3,7-8,10H2,1-2H3. The average molecular weight is 273 g/mol. The minimum atomic E-state index is -2.84. The number of sulfone groups is 1. The maximum Gasteiger partial charge on any atom is 0.150 e. The molecule has 96 valence electrons. The largest absolute Gasteiger partial charge is 0.316 e. The zero-order chi connectivity index (χ0) is 12.7. The van der Waals surface area contributed by atoms with Crippen molar-refractivity contribution in [3.8, 4) is 0 Å². The maximum absolute atomic E-state index is 11.3. The van der Waals surface area contributed by atoms with Crippen LogP contribution >= 0.6 is 11.8 Å². The number of thioether (sulfide) groups is 1. The summed E-state index contributed by atoms with van der Waals surface area (Å²) in [6, 6.07) is 8.18. The van der Waals surface area contributed by atoms with Crippen molar-refractivity contribution in [1.29, 1.82) is 0 Å². The lowest BCUT2D eigenvalue weighted by Gasteiger charge is -2.05. The normalized spacial score (nSPS) is 11.6. The summed E-state index contributed by atoms with van der Waals surface area (Å²) in [6.07, 6.45) is 0. The average Bonchev–Trinajstić information content (AvgIpc) is 2.30. The van der Waals surface area contributed by atoms with E-state index in [0.29, 0.717) is 5.75 Å². The fourth-order valence-corrected chi connectivity index (χ4v) is 3.66. The Morgan fingerprint density at radius 1 is 1.35 bits per heavy atom. The molecule has 0 aromatic heterocycles. The molecule has 0 unspecified atom stereocenters. The van der Waals surface area contributed by atoms with Crippen LogP contribution in [0.5, 0.6) is 0 Å². The summed E-state index contributed by atoms with van der Waals surface area (Å²) in [5, 5.41) is 3.10. The van der Waals surface area contributed by atoms with Crippen LogP contribution < -0.4 is 5.32 Å². The molecule has 1 N–H and O–H groups in total. The van der Waals surface area contributed by atoms with E-state index in [0.717, 1.165) is 11.4 Å². The van der Waals surface area contributed by atoms with Crippen LogP contribution in [0.15, 0.2) is 29.2 Å². The van der Waals surface area contributed by atoms with Crippen LogP contribution in [-0.2, 0) is 16.4 Å². The molecule has 0 spiro atoms. The van der Waals surface area contributed by atoms with Crippen LogP contribution in [0.4, 0.5) is 0 Å². The van der Waals surface area contributed by atoms with Crippen molar-refractivity contribution in [1.82, 2.24) is 5.32 Å². The Bertz CT molecular complexity index is 444. The maximum atomic E-state index is 11.3. The quantitative estimate of drug-likeness (QED) is 0.771. The van der Waals surface area contributed by atoms with Crippen molar-refractivity contribution >= 4 is 21.6 Å². The smallest absolute Gasteiger partial charge is 0.150 e. The minimum Gasteiger partial charge on any atom is -0.316 e. The van der Waals surface area contributed by atoms with E-state index in [1.807, 2.05) is 19.2 Å². The molecule has 0 radical (unpaired) electrons. The van der Waals surface area contributed by atoms with E-state index in [2.05, 4.69) is 17.4 Å². The van der Waals surface area contributed by atoms with Gasteiger partial charge in [0, 0.05) is 22.9 Å². The SMILES string of the molecule is CCS(=O)(=O)CCSc1cccc(CNC)c1. The van der Waals surface area contributed by atoms with Crippen LogP contribution in [0.2, 0.25) is 0 Å². The molecule has 17 heavy (non-hydrogen) atoms. The molecule has 0 bridgehead atoms. The first-order chi connectivity index (χ1) is 8.07. The summed E-state index contributed by atoms with van der Waals surface area (Å²) in [6.45, 7) is 2.52. The molecule has 5 heteroatoms. The molecule has 0 aliphatic rings. The van der Waals surface area contributed by atoms with Gasteiger partial charge in [-0.15, -0.1) is 11.8 Å². The molecule has 1 rings (SSSR count). The molecule has 0 heterocycles. The van der Waals surface area contributed by atoms with Crippen molar-refractivity contribution in [2.75, 3.05) is 24.3 Å². The lowest BCUT2D eigenvalue weighted by Crippen LogP contribution is -2.10.